The van der Waals surface area contributed by atoms with Crippen molar-refractivity contribution in [2.45, 2.75) is 38.8 Å². The number of aliphatic hydroxyl groups is 2. The first kappa shape index (κ1) is 14.0. The van der Waals surface area contributed by atoms with Crippen molar-refractivity contribution in [3.63, 3.8) is 0 Å². The molecule has 2 heterocycles. The van der Waals surface area contributed by atoms with Gasteiger partial charge in [0.15, 0.2) is 0 Å². The van der Waals surface area contributed by atoms with E-state index in [1.807, 2.05) is 0 Å². The Labute approximate surface area is 113 Å². The predicted molar refractivity (Wildman–Crippen MR) is 74.6 cm³/mol. The Morgan fingerprint density at radius 3 is 2.94 bits per heavy atom. The number of hydrogen-bond donors (Lipinski definition) is 2. The molecular weight excluding hydrogens is 246 g/mol. The third-order valence-corrected chi connectivity index (χ3v) is 4.95. The van der Waals surface area contributed by atoms with Gasteiger partial charge in [0.2, 0.25) is 0 Å². The molecule has 0 bridgehead atoms. The normalized spacial score (nSPS) is 29.6. The van der Waals surface area contributed by atoms with E-state index in [0.29, 0.717) is 6.54 Å². The number of nitrogens with zero attached hydrogens (tertiary/aromatic N) is 1. The molecule has 1 saturated heterocycles. The molecule has 1 fully saturated rings. The van der Waals surface area contributed by atoms with Crippen LogP contribution in [-0.4, -0.2) is 40.9 Å². The molecule has 0 aromatic carbocycles. The largest absolute Gasteiger partial charge is 0.396 e. The van der Waals surface area contributed by atoms with Crippen LogP contribution in [0.3, 0.4) is 0 Å². The van der Waals surface area contributed by atoms with Crippen molar-refractivity contribution in [2.75, 3.05) is 19.7 Å². The van der Waals surface area contributed by atoms with E-state index < -0.39 is 6.10 Å². The number of likely N-dealkylation sites (tertiary alicyclic amines) is 1. The summed E-state index contributed by atoms with van der Waals surface area (Å²) in [4.78, 5) is 3.63. The molecule has 0 spiro atoms. The molecule has 3 nitrogen and oxygen atoms in total. The van der Waals surface area contributed by atoms with Crippen molar-refractivity contribution < 1.29 is 10.2 Å². The fraction of sp³-hybridized carbons (Fsp3) is 0.714. The second-order valence-corrected chi connectivity index (χ2v) is 6.38. The maximum Gasteiger partial charge on any atom is 0.0745 e. The van der Waals surface area contributed by atoms with E-state index in [0.717, 1.165) is 32.4 Å². The van der Waals surface area contributed by atoms with Gasteiger partial charge in [-0.3, -0.25) is 4.90 Å². The third kappa shape index (κ3) is 2.94. The first-order valence-corrected chi connectivity index (χ1v) is 7.62. The van der Waals surface area contributed by atoms with Crippen molar-refractivity contribution in [2.24, 2.45) is 5.41 Å². The van der Waals surface area contributed by atoms with Crippen LogP contribution in [0.25, 0.3) is 0 Å². The fourth-order valence-electron chi connectivity index (χ4n) is 2.90. The number of β-amino-alcohol motifs (C(OH)–C–C–N with tert-alkyl or cyclic N) is 1. The van der Waals surface area contributed by atoms with Crippen molar-refractivity contribution in [3.8, 4) is 0 Å². The Morgan fingerprint density at radius 2 is 2.39 bits per heavy atom. The summed E-state index contributed by atoms with van der Waals surface area (Å²) < 4.78 is 0. The van der Waals surface area contributed by atoms with E-state index in [1.165, 1.54) is 4.88 Å². The van der Waals surface area contributed by atoms with Crippen LogP contribution in [0.1, 0.15) is 31.1 Å². The molecule has 0 aliphatic carbocycles. The quantitative estimate of drug-likeness (QED) is 0.860. The monoisotopic (exact) mass is 269 g/mol. The van der Waals surface area contributed by atoms with Crippen LogP contribution < -0.4 is 0 Å². The van der Waals surface area contributed by atoms with E-state index in [-0.39, 0.29) is 12.0 Å². The number of hydrogen-bond acceptors (Lipinski definition) is 4. The van der Waals surface area contributed by atoms with Crippen molar-refractivity contribution in [1.82, 2.24) is 4.90 Å². The standard InChI is InChI=1S/C14H23NO2S/c1-2-5-14(11-16)6-7-15(10-13(14)17)9-12-4-3-8-18-12/h3-4,8,13,16-17H,2,5-7,9-11H2,1H3/t13-,14-/m1/s1. The fourth-order valence-corrected chi connectivity index (χ4v) is 3.64. The summed E-state index contributed by atoms with van der Waals surface area (Å²) >= 11 is 1.76. The molecule has 4 heteroatoms. The minimum Gasteiger partial charge on any atom is -0.396 e. The Balaban J connectivity index is 1.94. The maximum absolute atomic E-state index is 10.4. The van der Waals surface area contributed by atoms with E-state index in [9.17, 15) is 10.2 Å². The van der Waals surface area contributed by atoms with Gasteiger partial charge in [0.05, 0.1) is 12.7 Å². The molecule has 1 aromatic rings. The van der Waals surface area contributed by atoms with Crippen molar-refractivity contribution in [1.29, 1.82) is 0 Å². The molecule has 0 saturated carbocycles. The predicted octanol–water partition coefficient (Wildman–Crippen LogP) is 2.09. The lowest BCUT2D eigenvalue weighted by Crippen LogP contribution is -2.52. The highest BCUT2D eigenvalue weighted by Crippen LogP contribution is 2.36. The number of thiophene rings is 1. The second-order valence-electron chi connectivity index (χ2n) is 5.35. The summed E-state index contributed by atoms with van der Waals surface area (Å²) in [5.74, 6) is 0. The zero-order chi connectivity index (χ0) is 13.0. The Hall–Kier alpha value is -0.420. The summed E-state index contributed by atoms with van der Waals surface area (Å²) in [5, 5.41) is 22.0. The van der Waals surface area contributed by atoms with Crippen LogP contribution >= 0.6 is 11.3 Å². The highest BCUT2D eigenvalue weighted by atomic mass is 32.1. The van der Waals surface area contributed by atoms with Gasteiger partial charge < -0.3 is 10.2 Å². The molecule has 2 N–H and O–H groups in total. The second kappa shape index (κ2) is 6.15. The minimum absolute atomic E-state index is 0.106. The molecular formula is C14H23NO2S. The molecule has 0 radical (unpaired) electrons. The smallest absolute Gasteiger partial charge is 0.0745 e. The van der Waals surface area contributed by atoms with Crippen molar-refractivity contribution >= 4 is 11.3 Å². The van der Waals surface area contributed by atoms with Crippen LogP contribution in [0, 0.1) is 5.41 Å². The Kier molecular flexibility index (Phi) is 4.78. The van der Waals surface area contributed by atoms with Crippen LogP contribution in [0.2, 0.25) is 0 Å². The first-order valence-electron chi connectivity index (χ1n) is 6.74. The van der Waals surface area contributed by atoms with Gasteiger partial charge in [-0.15, -0.1) is 11.3 Å². The van der Waals surface area contributed by atoms with E-state index in [1.54, 1.807) is 11.3 Å². The molecule has 1 aliphatic rings. The molecule has 0 amide bonds. The highest BCUT2D eigenvalue weighted by molar-refractivity contribution is 7.09. The van der Waals surface area contributed by atoms with Gasteiger partial charge in [-0.05, 0) is 30.8 Å². The van der Waals surface area contributed by atoms with Crippen LogP contribution in [-0.2, 0) is 6.54 Å². The Morgan fingerprint density at radius 1 is 1.56 bits per heavy atom. The van der Waals surface area contributed by atoms with Gasteiger partial charge in [0, 0.05) is 23.4 Å². The van der Waals surface area contributed by atoms with Gasteiger partial charge in [0.1, 0.15) is 0 Å². The molecule has 2 atom stereocenters. The van der Waals surface area contributed by atoms with Gasteiger partial charge in [-0.1, -0.05) is 19.4 Å². The van der Waals surface area contributed by atoms with Gasteiger partial charge in [0.25, 0.3) is 0 Å². The van der Waals surface area contributed by atoms with Crippen molar-refractivity contribution in [3.05, 3.63) is 22.4 Å². The number of rotatable bonds is 5. The van der Waals surface area contributed by atoms with E-state index >= 15 is 0 Å². The molecule has 1 aliphatic heterocycles. The average Bonchev–Trinajstić information content (AvgIpc) is 2.86. The molecule has 1 aromatic heterocycles. The molecule has 102 valence electrons. The average molecular weight is 269 g/mol. The molecule has 0 unspecified atom stereocenters. The minimum atomic E-state index is -0.406. The van der Waals surface area contributed by atoms with Crippen LogP contribution in [0.4, 0.5) is 0 Å². The molecule has 2 rings (SSSR count). The summed E-state index contributed by atoms with van der Waals surface area (Å²) in [5.41, 5.74) is -0.263. The van der Waals surface area contributed by atoms with Gasteiger partial charge >= 0.3 is 0 Å². The third-order valence-electron chi connectivity index (χ3n) is 4.09. The molecule has 18 heavy (non-hydrogen) atoms. The summed E-state index contributed by atoms with van der Waals surface area (Å²) in [7, 11) is 0. The summed E-state index contributed by atoms with van der Waals surface area (Å²) in [6, 6.07) is 4.20. The highest BCUT2D eigenvalue weighted by Gasteiger charge is 2.40. The zero-order valence-corrected chi connectivity index (χ0v) is 11.8. The van der Waals surface area contributed by atoms with Crippen LogP contribution in [0.15, 0.2) is 17.5 Å². The lowest BCUT2D eigenvalue weighted by molar-refractivity contribution is -0.0800. The zero-order valence-electron chi connectivity index (χ0n) is 11.0. The van der Waals surface area contributed by atoms with Crippen LogP contribution in [0.5, 0.6) is 0 Å². The lowest BCUT2D eigenvalue weighted by atomic mass is 9.73. The van der Waals surface area contributed by atoms with E-state index in [4.69, 9.17) is 0 Å². The Bertz CT molecular complexity index is 355. The summed E-state index contributed by atoms with van der Waals surface area (Å²) in [6.07, 6.45) is 2.42. The SMILES string of the molecule is CCC[C@]1(CO)CCN(Cc2cccs2)C[C@H]1O. The van der Waals surface area contributed by atoms with E-state index in [2.05, 4.69) is 29.3 Å². The van der Waals surface area contributed by atoms with Gasteiger partial charge in [-0.2, -0.15) is 0 Å². The first-order chi connectivity index (χ1) is 8.70. The van der Waals surface area contributed by atoms with Gasteiger partial charge in [-0.25, -0.2) is 0 Å². The maximum atomic E-state index is 10.4. The number of piperidine rings is 1. The summed E-state index contributed by atoms with van der Waals surface area (Å²) in [6.45, 7) is 4.79. The lowest BCUT2D eigenvalue weighted by Gasteiger charge is -2.44. The number of aliphatic hydroxyl groups excluding tert-OH is 2. The topological polar surface area (TPSA) is 43.7 Å².